The van der Waals surface area contributed by atoms with Crippen molar-refractivity contribution in [3.8, 4) is 0 Å². The number of pyridine rings is 1. The molecule has 0 spiro atoms. The highest BCUT2D eigenvalue weighted by atomic mass is 16.4. The fourth-order valence-electron chi connectivity index (χ4n) is 3.81. The molecule has 2 aliphatic rings. The number of nitrogens with one attached hydrogen (secondary N) is 1. The highest BCUT2D eigenvalue weighted by molar-refractivity contribution is 5.91. The second kappa shape index (κ2) is 5.26. The normalized spacial score (nSPS) is 26.8. The Kier molecular flexibility index (Phi) is 3.54. The van der Waals surface area contributed by atoms with Crippen molar-refractivity contribution in [3.05, 3.63) is 23.5 Å². The fourth-order valence-corrected chi connectivity index (χ4v) is 3.81. The van der Waals surface area contributed by atoms with Gasteiger partial charge in [-0.3, -0.25) is 9.78 Å². The van der Waals surface area contributed by atoms with Crippen molar-refractivity contribution in [2.24, 2.45) is 11.3 Å². The Labute approximate surface area is 129 Å². The van der Waals surface area contributed by atoms with Gasteiger partial charge in [-0.05, 0) is 44.7 Å². The van der Waals surface area contributed by atoms with E-state index in [1.54, 1.807) is 4.90 Å². The fraction of sp³-hybridized carbons (Fsp3) is 0.562. The number of nitrogens with zero attached hydrogens (tertiary/aromatic N) is 2. The summed E-state index contributed by atoms with van der Waals surface area (Å²) in [5.41, 5.74) is 1.60. The van der Waals surface area contributed by atoms with Crippen LogP contribution in [0.15, 0.2) is 12.1 Å². The number of likely N-dealkylation sites (tertiary alicyclic amines) is 1. The summed E-state index contributed by atoms with van der Waals surface area (Å²) in [7, 11) is 0. The van der Waals surface area contributed by atoms with Gasteiger partial charge in [0, 0.05) is 18.8 Å². The molecule has 1 aliphatic heterocycles. The number of rotatable bonds is 2. The molecule has 2 amide bonds. The zero-order chi connectivity index (χ0) is 15.9. The van der Waals surface area contributed by atoms with Crippen LogP contribution in [0.3, 0.4) is 0 Å². The molecule has 1 aromatic rings. The monoisotopic (exact) mass is 303 g/mol. The van der Waals surface area contributed by atoms with E-state index in [0.29, 0.717) is 25.2 Å². The number of aryl methyl sites for hydroxylation is 2. The second-order valence-corrected chi connectivity index (χ2v) is 6.45. The van der Waals surface area contributed by atoms with Crippen molar-refractivity contribution in [3.63, 3.8) is 0 Å². The molecule has 6 heteroatoms. The maximum absolute atomic E-state index is 12.4. The van der Waals surface area contributed by atoms with E-state index in [0.717, 1.165) is 24.2 Å². The Morgan fingerprint density at radius 1 is 1.41 bits per heavy atom. The molecule has 0 bridgehead atoms. The number of hydrogen-bond acceptors (Lipinski definition) is 3. The number of hydrogen-bond donors (Lipinski definition) is 2. The number of carboxylic acids is 1. The molecular weight excluding hydrogens is 282 g/mol. The molecule has 1 saturated heterocycles. The van der Waals surface area contributed by atoms with Crippen LogP contribution in [-0.2, 0) is 4.79 Å². The standard InChI is InChI=1S/C16H21N3O3/c1-10-5-6-13(11(2)17-10)18-15(22)19-8-12-4-3-7-16(12,9-19)14(20)21/h5-6,12H,3-4,7-9H2,1-2H3,(H,18,22)(H,20,21)/t12-,16+/m0/s1. The number of aromatic nitrogens is 1. The van der Waals surface area contributed by atoms with Gasteiger partial charge in [0.05, 0.1) is 16.8 Å². The van der Waals surface area contributed by atoms with Crippen LogP contribution < -0.4 is 5.32 Å². The second-order valence-electron chi connectivity index (χ2n) is 6.45. The smallest absolute Gasteiger partial charge is 0.321 e. The molecule has 1 saturated carbocycles. The summed E-state index contributed by atoms with van der Waals surface area (Å²) in [6.45, 7) is 4.57. The summed E-state index contributed by atoms with van der Waals surface area (Å²) < 4.78 is 0. The third kappa shape index (κ3) is 2.32. The number of fused-ring (bicyclic) bond motifs is 1. The molecule has 1 aromatic heterocycles. The summed E-state index contributed by atoms with van der Waals surface area (Å²) >= 11 is 0. The maximum atomic E-state index is 12.4. The maximum Gasteiger partial charge on any atom is 0.321 e. The zero-order valence-electron chi connectivity index (χ0n) is 12.9. The van der Waals surface area contributed by atoms with Crippen LogP contribution in [0.4, 0.5) is 10.5 Å². The van der Waals surface area contributed by atoms with Gasteiger partial charge >= 0.3 is 12.0 Å². The number of aliphatic carboxylic acids is 1. The van der Waals surface area contributed by atoms with E-state index in [-0.39, 0.29) is 11.9 Å². The predicted molar refractivity (Wildman–Crippen MR) is 81.7 cm³/mol. The van der Waals surface area contributed by atoms with E-state index in [4.69, 9.17) is 0 Å². The lowest BCUT2D eigenvalue weighted by Crippen LogP contribution is -2.38. The summed E-state index contributed by atoms with van der Waals surface area (Å²) in [5.74, 6) is -0.688. The van der Waals surface area contributed by atoms with Gasteiger partial charge in [-0.25, -0.2) is 4.79 Å². The first-order valence-electron chi connectivity index (χ1n) is 7.66. The molecule has 2 N–H and O–H groups in total. The molecule has 2 fully saturated rings. The van der Waals surface area contributed by atoms with Crippen LogP contribution >= 0.6 is 0 Å². The Morgan fingerprint density at radius 2 is 2.18 bits per heavy atom. The third-order valence-corrected chi connectivity index (χ3v) is 5.05. The molecule has 22 heavy (non-hydrogen) atoms. The molecule has 0 unspecified atom stereocenters. The number of carbonyl (C=O) groups excluding carboxylic acids is 1. The van der Waals surface area contributed by atoms with E-state index in [9.17, 15) is 14.7 Å². The molecule has 6 nitrogen and oxygen atoms in total. The van der Waals surface area contributed by atoms with Gasteiger partial charge < -0.3 is 15.3 Å². The SMILES string of the molecule is Cc1ccc(NC(=O)N2C[C@@H]3CCC[C@@]3(C(=O)O)C2)c(C)n1. The average molecular weight is 303 g/mol. The van der Waals surface area contributed by atoms with Crippen molar-refractivity contribution in [1.29, 1.82) is 0 Å². The molecule has 3 rings (SSSR count). The van der Waals surface area contributed by atoms with Gasteiger partial charge in [0.2, 0.25) is 0 Å². The first-order chi connectivity index (χ1) is 10.4. The van der Waals surface area contributed by atoms with Crippen LogP contribution in [0.25, 0.3) is 0 Å². The Bertz CT molecular complexity index is 631. The van der Waals surface area contributed by atoms with Gasteiger partial charge in [0.25, 0.3) is 0 Å². The van der Waals surface area contributed by atoms with Crippen LogP contribution in [0.5, 0.6) is 0 Å². The summed E-state index contributed by atoms with van der Waals surface area (Å²) in [6, 6.07) is 3.45. The van der Waals surface area contributed by atoms with Crippen molar-refractivity contribution in [2.45, 2.75) is 33.1 Å². The number of anilines is 1. The summed E-state index contributed by atoms with van der Waals surface area (Å²) in [4.78, 5) is 30.1. The quantitative estimate of drug-likeness (QED) is 0.879. The Balaban J connectivity index is 1.73. The largest absolute Gasteiger partial charge is 0.481 e. The van der Waals surface area contributed by atoms with Crippen molar-refractivity contribution in [1.82, 2.24) is 9.88 Å². The van der Waals surface area contributed by atoms with E-state index < -0.39 is 11.4 Å². The third-order valence-electron chi connectivity index (χ3n) is 5.05. The molecule has 2 heterocycles. The Hall–Kier alpha value is -2.11. The van der Waals surface area contributed by atoms with Gasteiger partial charge in [0.1, 0.15) is 0 Å². The number of urea groups is 1. The van der Waals surface area contributed by atoms with Crippen LogP contribution in [0, 0.1) is 25.2 Å². The van der Waals surface area contributed by atoms with Gasteiger partial charge in [-0.15, -0.1) is 0 Å². The minimum Gasteiger partial charge on any atom is -0.481 e. The lowest BCUT2D eigenvalue weighted by atomic mass is 9.81. The number of carboxylic acid groups (broad SMARTS) is 1. The van der Waals surface area contributed by atoms with Gasteiger partial charge in [-0.1, -0.05) is 6.42 Å². The average Bonchev–Trinajstić information content (AvgIpc) is 2.99. The van der Waals surface area contributed by atoms with Crippen LogP contribution in [0.1, 0.15) is 30.7 Å². The first kappa shape index (κ1) is 14.8. The van der Waals surface area contributed by atoms with Crippen molar-refractivity contribution in [2.75, 3.05) is 18.4 Å². The molecule has 118 valence electrons. The molecule has 2 atom stereocenters. The summed E-state index contributed by atoms with van der Waals surface area (Å²) in [6.07, 6.45) is 2.50. The highest BCUT2D eigenvalue weighted by Crippen LogP contribution is 2.48. The molecule has 0 aromatic carbocycles. The Morgan fingerprint density at radius 3 is 2.82 bits per heavy atom. The first-order valence-corrected chi connectivity index (χ1v) is 7.66. The van der Waals surface area contributed by atoms with E-state index >= 15 is 0 Å². The van der Waals surface area contributed by atoms with E-state index in [1.807, 2.05) is 26.0 Å². The highest BCUT2D eigenvalue weighted by Gasteiger charge is 2.55. The summed E-state index contributed by atoms with van der Waals surface area (Å²) in [5, 5.41) is 12.4. The van der Waals surface area contributed by atoms with Crippen molar-refractivity contribution >= 4 is 17.7 Å². The number of carbonyl (C=O) groups is 2. The van der Waals surface area contributed by atoms with Crippen LogP contribution in [0.2, 0.25) is 0 Å². The van der Waals surface area contributed by atoms with E-state index in [2.05, 4.69) is 10.3 Å². The minimum absolute atomic E-state index is 0.0768. The molecule has 0 radical (unpaired) electrons. The molecule has 1 aliphatic carbocycles. The zero-order valence-corrected chi connectivity index (χ0v) is 12.9. The topological polar surface area (TPSA) is 82.5 Å². The molecular formula is C16H21N3O3. The minimum atomic E-state index is -0.765. The van der Waals surface area contributed by atoms with Crippen LogP contribution in [-0.4, -0.2) is 40.1 Å². The van der Waals surface area contributed by atoms with Crippen molar-refractivity contribution < 1.29 is 14.7 Å². The van der Waals surface area contributed by atoms with Gasteiger partial charge in [0.15, 0.2) is 0 Å². The number of amides is 2. The van der Waals surface area contributed by atoms with Gasteiger partial charge in [-0.2, -0.15) is 0 Å². The van der Waals surface area contributed by atoms with E-state index in [1.165, 1.54) is 0 Å². The predicted octanol–water partition coefficient (Wildman–Crippen LogP) is 2.42. The lowest BCUT2D eigenvalue weighted by Gasteiger charge is -2.23. The lowest BCUT2D eigenvalue weighted by molar-refractivity contribution is -0.149.